The summed E-state index contributed by atoms with van der Waals surface area (Å²) >= 11 is -0.826. The summed E-state index contributed by atoms with van der Waals surface area (Å²) < 4.78 is 79.6. The van der Waals surface area contributed by atoms with E-state index >= 15 is 0 Å². The van der Waals surface area contributed by atoms with Crippen LogP contribution in [-0.2, 0) is 55.6 Å². The Hall–Kier alpha value is -3.85. The first-order valence-electron chi connectivity index (χ1n) is 18.7. The first-order chi connectivity index (χ1) is 27.6. The first kappa shape index (κ1) is 48.5. The van der Waals surface area contributed by atoms with Crippen LogP contribution in [0.25, 0.3) is 43.8 Å². The van der Waals surface area contributed by atoms with Crippen LogP contribution in [0.5, 0.6) is 0 Å². The normalized spacial score (nSPS) is 10.9. The molecule has 0 spiro atoms. The number of carbonyl (C=O) groups is 2. The monoisotopic (exact) mass is 917 g/mol. The number of hydrogen-bond donors (Lipinski definition) is 2. The van der Waals surface area contributed by atoms with Crippen molar-refractivity contribution in [1.82, 2.24) is 10.5 Å². The van der Waals surface area contributed by atoms with Gasteiger partial charge < -0.3 is 10.5 Å². The molecule has 2 amide bonds. The number of benzene rings is 4. The number of fused-ring (bicyclic) bond motifs is 2. The molecule has 305 valence electrons. The Morgan fingerprint density at radius 1 is 0.586 bits per heavy atom. The van der Waals surface area contributed by atoms with E-state index in [1.807, 2.05) is 36.4 Å². The first-order valence-corrected chi connectivity index (χ1v) is 25.0. The summed E-state index contributed by atoms with van der Waals surface area (Å²) in [4.78, 5) is 21.2. The molecule has 1 radical (unpaired) electrons. The third-order valence-corrected chi connectivity index (χ3v) is 8.85. The summed E-state index contributed by atoms with van der Waals surface area (Å²) in [6.45, 7) is 7.67. The molecule has 0 saturated heterocycles. The van der Waals surface area contributed by atoms with Crippen LogP contribution >= 0.6 is 17.0 Å². The van der Waals surface area contributed by atoms with Gasteiger partial charge in [0.05, 0.1) is 11.1 Å². The molecule has 0 heterocycles. The number of alkyl halides is 6. The molecule has 4 nitrogen and oxygen atoms in total. The zero-order chi connectivity index (χ0) is 42.9. The van der Waals surface area contributed by atoms with E-state index in [0.29, 0.717) is 24.0 Å². The second-order valence-electron chi connectivity index (χ2n) is 13.0. The Balaban J connectivity index is 0.000000237. The summed E-state index contributed by atoms with van der Waals surface area (Å²) in [6.07, 6.45) is -3.95. The van der Waals surface area contributed by atoms with Crippen LogP contribution in [0.1, 0.15) is 75.6 Å². The molecular formula is C44H44BCl2F6N2O2Zr. The van der Waals surface area contributed by atoms with E-state index in [4.69, 9.17) is 17.0 Å². The molecule has 0 aliphatic carbocycles. The zero-order valence-electron chi connectivity index (χ0n) is 32.6. The molecule has 6 rings (SSSR count). The third-order valence-electron chi connectivity index (χ3n) is 8.85. The molecule has 0 bridgehead atoms. The van der Waals surface area contributed by atoms with Crippen LogP contribution in [0, 0.1) is 0 Å². The van der Waals surface area contributed by atoms with Gasteiger partial charge in [0, 0.05) is 12.8 Å². The number of rotatable bonds is 10. The van der Waals surface area contributed by atoms with Crippen molar-refractivity contribution in [3.05, 3.63) is 131 Å². The van der Waals surface area contributed by atoms with Crippen molar-refractivity contribution in [2.24, 2.45) is 0 Å². The predicted octanol–water partition coefficient (Wildman–Crippen LogP) is 13.3. The fourth-order valence-corrected chi connectivity index (χ4v) is 6.26. The summed E-state index contributed by atoms with van der Waals surface area (Å²) in [6, 6.07) is 30.8. The Kier molecular flexibility index (Phi) is 19.8. The average Bonchev–Trinajstić information content (AvgIpc) is 3.82. The second kappa shape index (κ2) is 23.7. The van der Waals surface area contributed by atoms with Crippen LogP contribution in [0.15, 0.2) is 109 Å². The summed E-state index contributed by atoms with van der Waals surface area (Å²) in [5.41, 5.74) is 2.97. The van der Waals surface area contributed by atoms with Crippen molar-refractivity contribution in [2.75, 3.05) is 0 Å². The van der Waals surface area contributed by atoms with Crippen molar-refractivity contribution >= 4 is 57.9 Å². The van der Waals surface area contributed by atoms with Gasteiger partial charge in [0.15, 0.2) is 0 Å². The molecule has 0 saturated carbocycles. The summed E-state index contributed by atoms with van der Waals surface area (Å²) in [5.74, 6) is -0.220. The minimum atomic E-state index is -4.35. The van der Waals surface area contributed by atoms with E-state index in [2.05, 4.69) is 36.4 Å². The zero-order valence-corrected chi connectivity index (χ0v) is 36.5. The van der Waals surface area contributed by atoms with Gasteiger partial charge in [-0.25, -0.2) is 0 Å². The van der Waals surface area contributed by atoms with E-state index in [-0.39, 0.29) is 22.9 Å². The van der Waals surface area contributed by atoms with Crippen molar-refractivity contribution in [3.8, 4) is 22.3 Å². The Morgan fingerprint density at radius 3 is 1.26 bits per heavy atom. The van der Waals surface area contributed by atoms with Crippen molar-refractivity contribution < 1.29 is 56.8 Å². The standard InChI is InChI=1S/2C19H16F3.C6H12BN2O2.2ClH.Zr/c2*1-2-6-13-11-14-7-5-9-15(17(14)12-13)16-8-3-4-10-18(16)19(20,21)22;1-3-5(10)8-7-9-6(11)4-2;;;/h2*3-5,7-12H,2,6H2,1H3;3-4H2,1-2H3,(H,8,10)(H,9,11);2*1H;/q2*-1;;;;+4/p-2. The number of halogens is 8. The molecule has 0 fully saturated rings. The van der Waals surface area contributed by atoms with Crippen LogP contribution in [-0.4, -0.2) is 19.4 Å². The van der Waals surface area contributed by atoms with Gasteiger partial charge >= 0.3 is 57.8 Å². The number of nitrogens with one attached hydrogen (secondary N) is 2. The maximum atomic E-state index is 13.3. The molecule has 0 atom stereocenters. The Labute approximate surface area is 355 Å². The van der Waals surface area contributed by atoms with Crippen LogP contribution in [0.4, 0.5) is 26.3 Å². The van der Waals surface area contributed by atoms with E-state index in [9.17, 15) is 35.9 Å². The second-order valence-corrected chi connectivity index (χ2v) is 16.7. The van der Waals surface area contributed by atoms with Gasteiger partial charge in [-0.2, -0.15) is 38.5 Å². The van der Waals surface area contributed by atoms with Gasteiger partial charge in [-0.3, -0.25) is 9.59 Å². The van der Waals surface area contributed by atoms with Gasteiger partial charge in [0.25, 0.3) is 0 Å². The summed E-state index contributed by atoms with van der Waals surface area (Å²) in [5, 5.41) is 8.58. The predicted molar refractivity (Wildman–Crippen MR) is 222 cm³/mol. The fourth-order valence-electron chi connectivity index (χ4n) is 6.26. The molecule has 58 heavy (non-hydrogen) atoms. The van der Waals surface area contributed by atoms with E-state index in [1.165, 1.54) is 30.8 Å². The molecule has 6 aromatic rings. The minimum absolute atomic E-state index is 0.110. The van der Waals surface area contributed by atoms with Crippen molar-refractivity contribution in [1.29, 1.82) is 0 Å². The van der Waals surface area contributed by atoms with E-state index in [0.717, 1.165) is 59.4 Å². The van der Waals surface area contributed by atoms with Gasteiger partial charge in [0.2, 0.25) is 11.8 Å². The van der Waals surface area contributed by atoms with E-state index in [1.54, 1.807) is 50.2 Å². The molecule has 14 heteroatoms. The van der Waals surface area contributed by atoms with Gasteiger partial charge in [0.1, 0.15) is 0 Å². The maximum absolute atomic E-state index is 13.3. The quantitative estimate of drug-likeness (QED) is 0.0817. The van der Waals surface area contributed by atoms with Crippen LogP contribution in [0.3, 0.4) is 0 Å². The summed E-state index contributed by atoms with van der Waals surface area (Å²) in [7, 11) is 11.1. The topological polar surface area (TPSA) is 58.2 Å². The van der Waals surface area contributed by atoms with Crippen molar-refractivity contribution in [2.45, 2.75) is 78.6 Å². The molecule has 0 aliphatic heterocycles. The van der Waals surface area contributed by atoms with Gasteiger partial charge in [-0.1, -0.05) is 100 Å². The molecular weight excluding hydrogens is 875 g/mol. The van der Waals surface area contributed by atoms with Crippen molar-refractivity contribution in [3.63, 3.8) is 0 Å². The van der Waals surface area contributed by atoms with Crippen LogP contribution in [0.2, 0.25) is 0 Å². The van der Waals surface area contributed by atoms with E-state index < -0.39 is 44.3 Å². The molecule has 6 aromatic carbocycles. The average molecular weight is 920 g/mol. The SMILES string of the molecule is CCC(=O)N[B]NC(=O)CC.CCCc1cc2c(-c3ccccc3C(F)(F)F)cccc2[cH-]1.CCCc1cc2c(-c3ccccc3C(F)(F)F)cccc2[cH-]1.[Cl][Zr+2][Cl]. The molecule has 0 aromatic heterocycles. The number of hydrogen-bond acceptors (Lipinski definition) is 2. The fraction of sp³-hybridized carbons (Fsp3) is 0.273. The number of amides is 2. The third kappa shape index (κ3) is 14.2. The van der Waals surface area contributed by atoms with Gasteiger partial charge in [-0.15, -0.1) is 69.1 Å². The molecule has 0 unspecified atom stereocenters. The van der Waals surface area contributed by atoms with Crippen LogP contribution < -0.4 is 10.5 Å². The Bertz CT molecular complexity index is 2060. The number of carbonyl (C=O) groups excluding carboxylic acids is 2. The molecule has 0 aliphatic rings. The Morgan fingerprint density at radius 2 is 0.931 bits per heavy atom. The molecule has 2 N–H and O–H groups in total. The van der Waals surface area contributed by atoms with Gasteiger partial charge in [-0.05, 0) is 36.1 Å². The number of aryl methyl sites for hydroxylation is 2.